The molecule has 0 bridgehead atoms. The zero-order valence-corrected chi connectivity index (χ0v) is 36.4. The molecule has 0 fully saturated rings. The molecule has 22 nitrogen and oxygen atoms in total. The average Bonchev–Trinajstić information content (AvgIpc) is 3.70. The summed E-state index contributed by atoms with van der Waals surface area (Å²) < 4.78 is 36.7. The van der Waals surface area contributed by atoms with Crippen LogP contribution in [0.5, 0.6) is 34.5 Å². The summed E-state index contributed by atoms with van der Waals surface area (Å²) in [5, 5.41) is 10.9. The van der Waals surface area contributed by atoms with Gasteiger partial charge in [0.1, 0.15) is 17.4 Å². The Labute approximate surface area is 366 Å². The fourth-order valence-corrected chi connectivity index (χ4v) is 8.99. The lowest BCUT2D eigenvalue weighted by Crippen LogP contribution is -2.47. The standard InChI is InChI=1S/C43H44N10O12/c1-46-28-19-35(64-6)33(62-4)17-26(28)44-24(38(46)55)11-13-48-40(57)50-15-10-23-30(52(50)42(48)59)21-51-41(58)49(43(60)53(51)37(23)22-8-9-32(61-3)31(54)16-22)14-12-25-39(56)47(2)29-20-36(65-7)34(63-5)18-27(29)45-25/h8-10,16-20,30,37,54H,11-15,21H2,1-7H3/t30-,37+/m1/s1. The van der Waals surface area contributed by atoms with Crippen molar-refractivity contribution < 1.29 is 28.8 Å². The number of aromatic hydroxyl groups is 1. The molecule has 6 heterocycles. The predicted molar refractivity (Wildman–Crippen MR) is 233 cm³/mol. The number of aromatic nitrogens is 10. The number of methoxy groups -OCH3 is 5. The predicted octanol–water partition coefficient (Wildman–Crippen LogP) is 0.449. The van der Waals surface area contributed by atoms with Crippen molar-refractivity contribution in [1.82, 2.24) is 47.0 Å². The van der Waals surface area contributed by atoms with E-state index in [2.05, 4.69) is 9.97 Å². The summed E-state index contributed by atoms with van der Waals surface area (Å²) in [4.78, 5) is 93.6. The molecule has 2 atom stereocenters. The number of phenolic OH excluding ortho intramolecular Hbond substituents is 1. The van der Waals surface area contributed by atoms with E-state index in [0.717, 1.165) is 9.13 Å². The molecule has 9 rings (SSSR count). The maximum Gasteiger partial charge on any atom is 0.348 e. The highest BCUT2D eigenvalue weighted by molar-refractivity contribution is 5.80. The van der Waals surface area contributed by atoms with Gasteiger partial charge in [-0.15, -0.1) is 0 Å². The number of phenols is 1. The summed E-state index contributed by atoms with van der Waals surface area (Å²) in [6, 6.07) is 9.11. The largest absolute Gasteiger partial charge is 0.504 e. The van der Waals surface area contributed by atoms with Crippen LogP contribution in [0.4, 0.5) is 0 Å². The Balaban J connectivity index is 1.10. The van der Waals surface area contributed by atoms with Crippen molar-refractivity contribution in [2.75, 3.05) is 35.5 Å². The molecule has 0 spiro atoms. The number of ether oxygens (including phenoxy) is 5. The van der Waals surface area contributed by atoms with Crippen LogP contribution in [-0.2, 0) is 53.1 Å². The van der Waals surface area contributed by atoms with Crippen LogP contribution in [0.15, 0.2) is 82.9 Å². The molecule has 2 aliphatic heterocycles. The second kappa shape index (κ2) is 15.9. The highest BCUT2D eigenvalue weighted by Gasteiger charge is 2.41. The number of hydrogen-bond acceptors (Lipinski definition) is 14. The fourth-order valence-electron chi connectivity index (χ4n) is 8.99. The van der Waals surface area contributed by atoms with Gasteiger partial charge in [-0.25, -0.2) is 57.0 Å². The number of allylic oxidation sites excluding steroid dienone is 2. The molecule has 4 aromatic heterocycles. The van der Waals surface area contributed by atoms with E-state index in [1.807, 2.05) is 0 Å². The van der Waals surface area contributed by atoms with E-state index in [4.69, 9.17) is 23.7 Å². The van der Waals surface area contributed by atoms with Gasteiger partial charge in [-0.1, -0.05) is 12.1 Å². The van der Waals surface area contributed by atoms with E-state index in [-0.39, 0.29) is 61.9 Å². The summed E-state index contributed by atoms with van der Waals surface area (Å²) in [5.41, 5.74) is -0.745. The van der Waals surface area contributed by atoms with Crippen LogP contribution < -0.4 is 57.6 Å². The van der Waals surface area contributed by atoms with E-state index in [9.17, 15) is 33.9 Å². The van der Waals surface area contributed by atoms with Gasteiger partial charge in [-0.3, -0.25) is 9.59 Å². The van der Waals surface area contributed by atoms with E-state index >= 15 is 0 Å². The third-order valence-corrected chi connectivity index (χ3v) is 12.3. The van der Waals surface area contributed by atoms with Gasteiger partial charge in [0, 0.05) is 64.3 Å². The van der Waals surface area contributed by atoms with Crippen LogP contribution >= 0.6 is 0 Å². The van der Waals surface area contributed by atoms with Gasteiger partial charge in [-0.05, 0) is 23.3 Å². The molecule has 0 unspecified atom stereocenters. The molecule has 0 saturated carbocycles. The first-order valence-electron chi connectivity index (χ1n) is 20.4. The van der Waals surface area contributed by atoms with Crippen LogP contribution in [0.25, 0.3) is 22.1 Å². The van der Waals surface area contributed by atoms with Crippen molar-refractivity contribution in [3.63, 3.8) is 0 Å². The monoisotopic (exact) mass is 892 g/mol. The summed E-state index contributed by atoms with van der Waals surface area (Å²) in [7, 11) is 10.5. The molecular weight excluding hydrogens is 849 g/mol. The molecule has 0 amide bonds. The van der Waals surface area contributed by atoms with Crippen molar-refractivity contribution in [2.45, 2.75) is 51.1 Å². The zero-order chi connectivity index (χ0) is 46.2. The molecule has 65 heavy (non-hydrogen) atoms. The first kappa shape index (κ1) is 42.3. The minimum atomic E-state index is -1.04. The van der Waals surface area contributed by atoms with Crippen molar-refractivity contribution >= 4 is 22.1 Å². The lowest BCUT2D eigenvalue weighted by molar-refractivity contribution is 0.245. The normalized spacial score (nSPS) is 15.3. The third-order valence-electron chi connectivity index (χ3n) is 12.3. The van der Waals surface area contributed by atoms with Gasteiger partial charge in [0.15, 0.2) is 34.5 Å². The van der Waals surface area contributed by atoms with Gasteiger partial charge in [0.25, 0.3) is 11.1 Å². The Morgan fingerprint density at radius 3 is 1.57 bits per heavy atom. The Morgan fingerprint density at radius 2 is 1.08 bits per heavy atom. The number of fused-ring (bicyclic) bond motifs is 6. The van der Waals surface area contributed by atoms with Crippen LogP contribution in [0.3, 0.4) is 0 Å². The van der Waals surface area contributed by atoms with E-state index in [1.165, 1.54) is 75.5 Å². The van der Waals surface area contributed by atoms with Gasteiger partial charge in [0.2, 0.25) is 0 Å². The van der Waals surface area contributed by atoms with Crippen LogP contribution in [-0.4, -0.2) is 87.6 Å². The molecule has 338 valence electrons. The second-order valence-corrected chi connectivity index (χ2v) is 15.6. The molecule has 0 aliphatic carbocycles. The Morgan fingerprint density at radius 1 is 0.600 bits per heavy atom. The Hall–Kier alpha value is -8.04. The maximum atomic E-state index is 14.5. The zero-order valence-electron chi connectivity index (χ0n) is 36.4. The van der Waals surface area contributed by atoms with E-state index < -0.39 is 46.0 Å². The maximum absolute atomic E-state index is 14.5. The van der Waals surface area contributed by atoms with Crippen molar-refractivity contribution in [2.24, 2.45) is 14.1 Å². The van der Waals surface area contributed by atoms with E-state index in [0.29, 0.717) is 56.2 Å². The molecule has 2 aliphatic rings. The SMILES string of the molecule is COc1ccc([C@H]2C3=CCn4c(=O)n(CCc5nc6cc(OC)c(OC)cc6n(C)c5=O)c(=O)n4[C@@H]3Cn3c(=O)n(CCc4nc5cc(OC)c(OC)cc5n(C)c4=O)c(=O)n32)cc1O. The van der Waals surface area contributed by atoms with Crippen molar-refractivity contribution in [3.05, 3.63) is 134 Å². The number of hydrogen-bond donors (Lipinski definition) is 1. The quantitative estimate of drug-likeness (QED) is 0.164. The second-order valence-electron chi connectivity index (χ2n) is 15.6. The van der Waals surface area contributed by atoms with Crippen LogP contribution in [0, 0.1) is 0 Å². The lowest BCUT2D eigenvalue weighted by Gasteiger charge is -2.37. The fraction of sp³-hybridized carbons (Fsp3) is 0.349. The number of nitrogens with zero attached hydrogens (tertiary/aromatic N) is 10. The summed E-state index contributed by atoms with van der Waals surface area (Å²) in [6.45, 7) is -0.742. The van der Waals surface area contributed by atoms with Crippen molar-refractivity contribution in [3.8, 4) is 34.5 Å². The van der Waals surface area contributed by atoms with Gasteiger partial charge in [-0.2, -0.15) is 0 Å². The molecular formula is C43H44N10O12. The lowest BCUT2D eigenvalue weighted by atomic mass is 9.90. The highest BCUT2D eigenvalue weighted by Crippen LogP contribution is 2.41. The molecule has 0 saturated heterocycles. The first-order valence-corrected chi connectivity index (χ1v) is 20.4. The third kappa shape index (κ3) is 6.53. The van der Waals surface area contributed by atoms with Crippen LogP contribution in [0.2, 0.25) is 0 Å². The minimum absolute atomic E-state index is 0.0730. The number of aryl methyl sites for hydroxylation is 4. The topological polar surface area (TPSA) is 234 Å². The Bertz CT molecular complexity index is 3530. The van der Waals surface area contributed by atoms with Gasteiger partial charge in [0.05, 0.1) is 76.7 Å². The summed E-state index contributed by atoms with van der Waals surface area (Å²) >= 11 is 0. The molecule has 0 radical (unpaired) electrons. The average molecular weight is 893 g/mol. The summed E-state index contributed by atoms with van der Waals surface area (Å²) in [5.74, 6) is 1.55. The van der Waals surface area contributed by atoms with Gasteiger partial charge < -0.3 is 37.9 Å². The first-order chi connectivity index (χ1) is 31.2. The van der Waals surface area contributed by atoms with Gasteiger partial charge >= 0.3 is 22.8 Å². The minimum Gasteiger partial charge on any atom is -0.504 e. The molecule has 3 aromatic carbocycles. The highest BCUT2D eigenvalue weighted by atomic mass is 16.5. The molecule has 7 aromatic rings. The molecule has 1 N–H and O–H groups in total. The number of benzene rings is 3. The van der Waals surface area contributed by atoms with Crippen molar-refractivity contribution in [1.29, 1.82) is 0 Å². The van der Waals surface area contributed by atoms with E-state index in [1.54, 1.807) is 50.5 Å². The van der Waals surface area contributed by atoms with Crippen LogP contribution in [0.1, 0.15) is 29.0 Å². The smallest absolute Gasteiger partial charge is 0.348 e. The number of rotatable bonds is 12. The Kier molecular flexibility index (Phi) is 10.4. The summed E-state index contributed by atoms with van der Waals surface area (Å²) in [6.07, 6.45) is 1.55. The molecule has 22 heteroatoms.